The highest BCUT2D eigenvalue weighted by molar-refractivity contribution is 5.73. The molecule has 2 atom stereocenters. The van der Waals surface area contributed by atoms with Crippen LogP contribution in [-0.2, 0) is 4.79 Å². The minimum absolute atomic E-state index is 0.0382. The number of halogens is 1. The monoisotopic (exact) mass is 161 g/mol. The van der Waals surface area contributed by atoms with Crippen LogP contribution in [0.15, 0.2) is 0 Å². The molecule has 0 aromatic heterocycles. The fourth-order valence-electron chi connectivity index (χ4n) is 1.18. The molecule has 0 aliphatic carbocycles. The Bertz CT molecular complexity index is 163. The second-order valence-corrected chi connectivity index (χ2v) is 2.84. The molecule has 1 rings (SSSR count). The van der Waals surface area contributed by atoms with Crippen LogP contribution in [0.5, 0.6) is 0 Å². The van der Waals surface area contributed by atoms with Gasteiger partial charge in [-0.15, -0.1) is 0 Å². The van der Waals surface area contributed by atoms with Gasteiger partial charge in [-0.2, -0.15) is 0 Å². The van der Waals surface area contributed by atoms with E-state index < -0.39 is 12.3 Å². The minimum atomic E-state index is -1.27. The molecule has 0 bridgehead atoms. The summed E-state index contributed by atoms with van der Waals surface area (Å²) in [5, 5.41) is 8.96. The molecule has 0 spiro atoms. The van der Waals surface area contributed by atoms with Crippen LogP contribution in [0, 0.1) is 0 Å². The van der Waals surface area contributed by atoms with Crippen LogP contribution < -0.4 is 0 Å². The summed E-state index contributed by atoms with van der Waals surface area (Å²) in [5.41, 5.74) is 0. The SMILES string of the molecule is CC(=O)N1CC[C@@H](O)[C@@H](F)C1. The van der Waals surface area contributed by atoms with Crippen molar-refractivity contribution in [3.63, 3.8) is 0 Å². The van der Waals surface area contributed by atoms with Crippen LogP contribution in [0.25, 0.3) is 0 Å². The van der Waals surface area contributed by atoms with Crippen LogP contribution in [0.3, 0.4) is 0 Å². The van der Waals surface area contributed by atoms with E-state index in [-0.39, 0.29) is 12.5 Å². The fourth-order valence-corrected chi connectivity index (χ4v) is 1.18. The Labute approximate surface area is 64.8 Å². The molecule has 0 saturated carbocycles. The molecule has 0 aromatic carbocycles. The number of rotatable bonds is 0. The van der Waals surface area contributed by atoms with E-state index in [1.165, 1.54) is 11.8 Å². The quantitative estimate of drug-likeness (QED) is 0.540. The first-order valence-corrected chi connectivity index (χ1v) is 3.69. The molecule has 1 aliphatic rings. The molecule has 4 heteroatoms. The maximum atomic E-state index is 12.7. The van der Waals surface area contributed by atoms with Crippen molar-refractivity contribution in [2.75, 3.05) is 13.1 Å². The van der Waals surface area contributed by atoms with Gasteiger partial charge in [0.05, 0.1) is 12.6 Å². The van der Waals surface area contributed by atoms with Gasteiger partial charge in [-0.3, -0.25) is 4.79 Å². The highest BCUT2D eigenvalue weighted by atomic mass is 19.1. The van der Waals surface area contributed by atoms with Crippen molar-refractivity contribution in [1.82, 2.24) is 4.90 Å². The number of alkyl halides is 1. The summed E-state index contributed by atoms with van der Waals surface area (Å²) in [6.07, 6.45) is -1.81. The Morgan fingerprint density at radius 2 is 2.36 bits per heavy atom. The van der Waals surface area contributed by atoms with Gasteiger partial charge in [0.2, 0.25) is 5.91 Å². The largest absolute Gasteiger partial charge is 0.390 e. The van der Waals surface area contributed by atoms with Crippen molar-refractivity contribution >= 4 is 5.91 Å². The Morgan fingerprint density at radius 1 is 1.73 bits per heavy atom. The third kappa shape index (κ3) is 1.89. The number of hydrogen-bond acceptors (Lipinski definition) is 2. The van der Waals surface area contributed by atoms with Gasteiger partial charge in [-0.05, 0) is 6.42 Å². The summed E-state index contributed by atoms with van der Waals surface area (Å²) in [5.74, 6) is -0.125. The van der Waals surface area contributed by atoms with Crippen molar-refractivity contribution in [1.29, 1.82) is 0 Å². The Balaban J connectivity index is 2.46. The zero-order chi connectivity index (χ0) is 8.43. The van der Waals surface area contributed by atoms with E-state index in [0.717, 1.165) is 0 Å². The van der Waals surface area contributed by atoms with Crippen LogP contribution in [0.4, 0.5) is 4.39 Å². The number of amides is 1. The summed E-state index contributed by atoms with van der Waals surface area (Å²) < 4.78 is 12.7. The predicted octanol–water partition coefficient (Wildman–Crippen LogP) is -0.0624. The standard InChI is InChI=1S/C7H12FNO2/c1-5(10)9-3-2-7(11)6(8)4-9/h6-7,11H,2-4H2,1H3/t6-,7+/m0/s1. The molecule has 1 amide bonds. The normalized spacial score (nSPS) is 32.1. The summed E-state index contributed by atoms with van der Waals surface area (Å²) >= 11 is 0. The lowest BCUT2D eigenvalue weighted by Crippen LogP contribution is -2.46. The van der Waals surface area contributed by atoms with Crippen molar-refractivity contribution in [3.8, 4) is 0 Å². The number of aliphatic hydroxyl groups excluding tert-OH is 1. The van der Waals surface area contributed by atoms with E-state index >= 15 is 0 Å². The first-order valence-electron chi connectivity index (χ1n) is 3.69. The minimum Gasteiger partial charge on any atom is -0.390 e. The molecule has 0 unspecified atom stereocenters. The van der Waals surface area contributed by atoms with Crippen molar-refractivity contribution in [2.24, 2.45) is 0 Å². The first kappa shape index (κ1) is 8.46. The summed E-state index contributed by atoms with van der Waals surface area (Å²) in [6, 6.07) is 0. The maximum absolute atomic E-state index is 12.7. The fraction of sp³-hybridized carbons (Fsp3) is 0.857. The van der Waals surface area contributed by atoms with E-state index in [1.807, 2.05) is 0 Å². The van der Waals surface area contributed by atoms with Gasteiger partial charge >= 0.3 is 0 Å². The molecule has 0 radical (unpaired) electrons. The van der Waals surface area contributed by atoms with Crippen molar-refractivity contribution in [3.05, 3.63) is 0 Å². The van der Waals surface area contributed by atoms with Crippen molar-refractivity contribution in [2.45, 2.75) is 25.6 Å². The van der Waals surface area contributed by atoms with Crippen LogP contribution >= 0.6 is 0 Å². The molecule has 1 aliphatic heterocycles. The Morgan fingerprint density at radius 3 is 2.82 bits per heavy atom. The molecule has 1 fully saturated rings. The van der Waals surface area contributed by atoms with Gasteiger partial charge in [0.1, 0.15) is 6.17 Å². The number of piperidine rings is 1. The van der Waals surface area contributed by atoms with Gasteiger partial charge < -0.3 is 10.0 Å². The number of aliphatic hydroxyl groups is 1. The molecule has 1 saturated heterocycles. The summed E-state index contributed by atoms with van der Waals surface area (Å²) in [6.45, 7) is 1.91. The van der Waals surface area contributed by atoms with Crippen molar-refractivity contribution < 1.29 is 14.3 Å². The lowest BCUT2D eigenvalue weighted by atomic mass is 10.1. The molecule has 1 N–H and O–H groups in total. The highest BCUT2D eigenvalue weighted by Gasteiger charge is 2.28. The molecule has 11 heavy (non-hydrogen) atoms. The smallest absolute Gasteiger partial charge is 0.219 e. The zero-order valence-electron chi connectivity index (χ0n) is 6.46. The van der Waals surface area contributed by atoms with Gasteiger partial charge in [0, 0.05) is 13.5 Å². The van der Waals surface area contributed by atoms with Crippen LogP contribution in [0.1, 0.15) is 13.3 Å². The average molecular weight is 161 g/mol. The predicted molar refractivity (Wildman–Crippen MR) is 37.8 cm³/mol. The van der Waals surface area contributed by atoms with Gasteiger partial charge in [-0.1, -0.05) is 0 Å². The Kier molecular flexibility index (Phi) is 2.44. The Hall–Kier alpha value is -0.640. The topological polar surface area (TPSA) is 40.5 Å². The third-order valence-electron chi connectivity index (χ3n) is 1.95. The lowest BCUT2D eigenvalue weighted by molar-refractivity contribution is -0.133. The molecule has 1 heterocycles. The van der Waals surface area contributed by atoms with E-state index in [1.54, 1.807) is 0 Å². The number of hydrogen-bond donors (Lipinski definition) is 1. The molecule has 64 valence electrons. The molecule has 3 nitrogen and oxygen atoms in total. The first-order chi connectivity index (χ1) is 5.11. The number of nitrogens with zero attached hydrogens (tertiary/aromatic N) is 1. The maximum Gasteiger partial charge on any atom is 0.219 e. The lowest BCUT2D eigenvalue weighted by Gasteiger charge is -2.31. The highest BCUT2D eigenvalue weighted by Crippen LogP contribution is 2.13. The number of carbonyl (C=O) groups excluding carboxylic acids is 1. The van der Waals surface area contributed by atoms with Gasteiger partial charge in [0.15, 0.2) is 0 Å². The second kappa shape index (κ2) is 3.17. The molecule has 0 aromatic rings. The third-order valence-corrected chi connectivity index (χ3v) is 1.95. The van der Waals surface area contributed by atoms with Gasteiger partial charge in [0.25, 0.3) is 0 Å². The number of likely N-dealkylation sites (tertiary alicyclic amines) is 1. The zero-order valence-corrected chi connectivity index (χ0v) is 6.46. The van der Waals surface area contributed by atoms with Gasteiger partial charge in [-0.25, -0.2) is 4.39 Å². The molecular weight excluding hydrogens is 149 g/mol. The van der Waals surface area contributed by atoms with E-state index in [0.29, 0.717) is 13.0 Å². The summed E-state index contributed by atoms with van der Waals surface area (Å²) in [7, 11) is 0. The van der Waals surface area contributed by atoms with Crippen LogP contribution in [0.2, 0.25) is 0 Å². The molecular formula is C7H12FNO2. The van der Waals surface area contributed by atoms with Crippen LogP contribution in [-0.4, -0.2) is 41.3 Å². The summed E-state index contributed by atoms with van der Waals surface area (Å²) in [4.78, 5) is 12.1. The number of carbonyl (C=O) groups is 1. The second-order valence-electron chi connectivity index (χ2n) is 2.84. The van der Waals surface area contributed by atoms with E-state index in [2.05, 4.69) is 0 Å². The van der Waals surface area contributed by atoms with E-state index in [9.17, 15) is 9.18 Å². The van der Waals surface area contributed by atoms with E-state index in [4.69, 9.17) is 5.11 Å². The average Bonchev–Trinajstić information content (AvgIpc) is 1.94.